The third-order valence-electron chi connectivity index (χ3n) is 2.18. The number of rotatable bonds is 15. The number of nitrogens with one attached hydrogen (secondary N) is 1. The molecule has 0 rings (SSSR count). The van der Waals surface area contributed by atoms with Crippen LogP contribution in [-0.4, -0.2) is 66.4 Å². The molecule has 0 aliphatic rings. The van der Waals surface area contributed by atoms with Gasteiger partial charge in [-0.3, -0.25) is 0 Å². The predicted molar refractivity (Wildman–Crippen MR) is 72.1 cm³/mol. The lowest BCUT2D eigenvalue weighted by Gasteiger charge is -2.07. The molecule has 18 heavy (non-hydrogen) atoms. The average molecular weight is 263 g/mol. The SMILES string of the molecule is CCCOCCOCCOCCOCCCNC. The minimum absolute atomic E-state index is 0.619. The van der Waals surface area contributed by atoms with E-state index in [1.54, 1.807) is 0 Å². The molecule has 0 aromatic carbocycles. The molecule has 0 saturated carbocycles. The zero-order valence-electron chi connectivity index (χ0n) is 11.9. The maximum absolute atomic E-state index is 5.38. The zero-order chi connectivity index (χ0) is 13.3. The Kier molecular flexibility index (Phi) is 16.6. The second-order valence-electron chi connectivity index (χ2n) is 3.91. The molecule has 5 heteroatoms. The molecule has 1 N–H and O–H groups in total. The number of hydrogen-bond acceptors (Lipinski definition) is 5. The van der Waals surface area contributed by atoms with Crippen LogP contribution in [0.25, 0.3) is 0 Å². The average Bonchev–Trinajstić information content (AvgIpc) is 2.39. The fraction of sp³-hybridized carbons (Fsp3) is 1.00. The maximum atomic E-state index is 5.38. The Labute approximate surface area is 111 Å². The minimum atomic E-state index is 0.619. The zero-order valence-corrected chi connectivity index (χ0v) is 11.9. The highest BCUT2D eigenvalue weighted by Crippen LogP contribution is 1.85. The molecule has 0 saturated heterocycles. The van der Waals surface area contributed by atoms with Crippen LogP contribution in [0.1, 0.15) is 19.8 Å². The molecule has 0 aromatic rings. The van der Waals surface area contributed by atoms with E-state index in [-0.39, 0.29) is 0 Å². The van der Waals surface area contributed by atoms with Crippen LogP contribution in [0.3, 0.4) is 0 Å². The molecular weight excluding hydrogens is 234 g/mol. The third-order valence-corrected chi connectivity index (χ3v) is 2.18. The van der Waals surface area contributed by atoms with Crippen molar-refractivity contribution in [2.45, 2.75) is 19.8 Å². The Hall–Kier alpha value is -0.200. The monoisotopic (exact) mass is 263 g/mol. The Balaban J connectivity index is 2.86. The largest absolute Gasteiger partial charge is 0.379 e. The van der Waals surface area contributed by atoms with E-state index in [9.17, 15) is 0 Å². The van der Waals surface area contributed by atoms with Crippen molar-refractivity contribution in [2.24, 2.45) is 0 Å². The third kappa shape index (κ3) is 15.8. The Bertz CT molecular complexity index is 131. The van der Waals surface area contributed by atoms with E-state index in [4.69, 9.17) is 18.9 Å². The molecule has 0 fully saturated rings. The molecule has 0 atom stereocenters. The van der Waals surface area contributed by atoms with E-state index >= 15 is 0 Å². The lowest BCUT2D eigenvalue weighted by Crippen LogP contribution is -2.14. The van der Waals surface area contributed by atoms with Crippen LogP contribution in [0.5, 0.6) is 0 Å². The summed E-state index contributed by atoms with van der Waals surface area (Å²) >= 11 is 0. The van der Waals surface area contributed by atoms with Crippen LogP contribution in [0.2, 0.25) is 0 Å². The summed E-state index contributed by atoms with van der Waals surface area (Å²) < 4.78 is 21.4. The molecule has 110 valence electrons. The predicted octanol–water partition coefficient (Wildman–Crippen LogP) is 1.07. The van der Waals surface area contributed by atoms with Gasteiger partial charge in [0, 0.05) is 13.2 Å². The van der Waals surface area contributed by atoms with Crippen molar-refractivity contribution in [3.8, 4) is 0 Å². The van der Waals surface area contributed by atoms with Crippen molar-refractivity contribution in [1.82, 2.24) is 5.32 Å². The molecule has 0 bridgehead atoms. The highest BCUT2D eigenvalue weighted by molar-refractivity contribution is 4.40. The first-order chi connectivity index (χ1) is 8.91. The molecule has 0 heterocycles. The van der Waals surface area contributed by atoms with Crippen molar-refractivity contribution in [3.05, 3.63) is 0 Å². The maximum Gasteiger partial charge on any atom is 0.0701 e. The highest BCUT2D eigenvalue weighted by atomic mass is 16.6. The number of ether oxygens (including phenoxy) is 4. The summed E-state index contributed by atoms with van der Waals surface area (Å²) in [5, 5.41) is 3.07. The van der Waals surface area contributed by atoms with E-state index in [1.165, 1.54) is 0 Å². The van der Waals surface area contributed by atoms with Gasteiger partial charge in [-0.1, -0.05) is 6.92 Å². The van der Waals surface area contributed by atoms with Crippen LogP contribution in [-0.2, 0) is 18.9 Å². The van der Waals surface area contributed by atoms with Gasteiger partial charge in [0.2, 0.25) is 0 Å². The van der Waals surface area contributed by atoms with Crippen molar-refractivity contribution in [2.75, 3.05) is 66.4 Å². The first kappa shape index (κ1) is 17.8. The smallest absolute Gasteiger partial charge is 0.0701 e. The van der Waals surface area contributed by atoms with Gasteiger partial charge in [0.15, 0.2) is 0 Å². The van der Waals surface area contributed by atoms with Crippen molar-refractivity contribution >= 4 is 0 Å². The van der Waals surface area contributed by atoms with Gasteiger partial charge in [-0.15, -0.1) is 0 Å². The van der Waals surface area contributed by atoms with Crippen LogP contribution < -0.4 is 5.32 Å². The highest BCUT2D eigenvalue weighted by Gasteiger charge is 1.92. The van der Waals surface area contributed by atoms with Crippen LogP contribution in [0.4, 0.5) is 0 Å². The fourth-order valence-corrected chi connectivity index (χ4v) is 1.26. The van der Waals surface area contributed by atoms with Crippen molar-refractivity contribution in [3.63, 3.8) is 0 Å². The van der Waals surface area contributed by atoms with Crippen molar-refractivity contribution in [1.29, 1.82) is 0 Å². The van der Waals surface area contributed by atoms with Crippen LogP contribution >= 0.6 is 0 Å². The Morgan fingerprint density at radius 3 is 1.56 bits per heavy atom. The normalized spacial score (nSPS) is 11.0. The standard InChI is InChI=1S/C13H29NO4/c1-3-6-15-8-10-17-12-13-18-11-9-16-7-4-5-14-2/h14H,3-13H2,1-2H3. The summed E-state index contributed by atoms with van der Waals surface area (Å²) in [5.41, 5.74) is 0. The van der Waals surface area contributed by atoms with Gasteiger partial charge >= 0.3 is 0 Å². The van der Waals surface area contributed by atoms with Gasteiger partial charge in [0.1, 0.15) is 0 Å². The Morgan fingerprint density at radius 1 is 0.667 bits per heavy atom. The molecule has 0 aromatic heterocycles. The quantitative estimate of drug-likeness (QED) is 0.448. The fourth-order valence-electron chi connectivity index (χ4n) is 1.26. The molecule has 0 spiro atoms. The lowest BCUT2D eigenvalue weighted by molar-refractivity contribution is -0.00186. The summed E-state index contributed by atoms with van der Waals surface area (Å²) in [7, 11) is 1.94. The van der Waals surface area contributed by atoms with E-state index in [0.717, 1.165) is 32.6 Å². The lowest BCUT2D eigenvalue weighted by atomic mass is 10.4. The van der Waals surface area contributed by atoms with Gasteiger partial charge in [0.25, 0.3) is 0 Å². The van der Waals surface area contributed by atoms with Gasteiger partial charge in [-0.25, -0.2) is 0 Å². The van der Waals surface area contributed by atoms with Gasteiger partial charge in [0.05, 0.1) is 39.6 Å². The first-order valence-corrected chi connectivity index (χ1v) is 6.87. The van der Waals surface area contributed by atoms with Gasteiger partial charge in [-0.2, -0.15) is 0 Å². The van der Waals surface area contributed by atoms with Crippen LogP contribution in [0, 0.1) is 0 Å². The van der Waals surface area contributed by atoms with E-state index in [0.29, 0.717) is 39.6 Å². The molecule has 5 nitrogen and oxygen atoms in total. The molecule has 0 unspecified atom stereocenters. The summed E-state index contributed by atoms with van der Waals surface area (Å²) in [6, 6.07) is 0. The number of hydrogen-bond donors (Lipinski definition) is 1. The van der Waals surface area contributed by atoms with E-state index in [1.807, 2.05) is 7.05 Å². The minimum Gasteiger partial charge on any atom is -0.379 e. The van der Waals surface area contributed by atoms with E-state index < -0.39 is 0 Å². The Morgan fingerprint density at radius 2 is 1.11 bits per heavy atom. The van der Waals surface area contributed by atoms with Crippen LogP contribution in [0.15, 0.2) is 0 Å². The second-order valence-corrected chi connectivity index (χ2v) is 3.91. The summed E-state index contributed by atoms with van der Waals surface area (Å²) in [4.78, 5) is 0. The molecule has 0 amide bonds. The summed E-state index contributed by atoms with van der Waals surface area (Å²) in [5.74, 6) is 0. The topological polar surface area (TPSA) is 49.0 Å². The first-order valence-electron chi connectivity index (χ1n) is 6.87. The molecule has 0 aliphatic heterocycles. The molecular formula is C13H29NO4. The molecule has 0 aliphatic carbocycles. The second kappa shape index (κ2) is 16.8. The summed E-state index contributed by atoms with van der Waals surface area (Å²) in [6.45, 7) is 8.53. The van der Waals surface area contributed by atoms with Gasteiger partial charge in [-0.05, 0) is 26.4 Å². The van der Waals surface area contributed by atoms with Crippen molar-refractivity contribution < 1.29 is 18.9 Å². The molecule has 0 radical (unpaired) electrons. The van der Waals surface area contributed by atoms with E-state index in [2.05, 4.69) is 12.2 Å². The summed E-state index contributed by atoms with van der Waals surface area (Å²) in [6.07, 6.45) is 2.09. The van der Waals surface area contributed by atoms with Gasteiger partial charge < -0.3 is 24.3 Å².